The molecule has 0 radical (unpaired) electrons. The highest BCUT2D eigenvalue weighted by molar-refractivity contribution is 6.29. The van der Waals surface area contributed by atoms with E-state index in [4.69, 9.17) is 17.3 Å². The molecular weight excluding hydrogens is 152 g/mol. The van der Waals surface area contributed by atoms with E-state index in [1.54, 1.807) is 0 Å². The van der Waals surface area contributed by atoms with Crippen molar-refractivity contribution in [3.05, 3.63) is 23.0 Å². The van der Waals surface area contributed by atoms with E-state index in [9.17, 15) is 4.79 Å². The number of halogens is 1. The zero-order chi connectivity index (χ0) is 7.56. The van der Waals surface area contributed by atoms with Crippen molar-refractivity contribution in [2.45, 2.75) is 0 Å². The molecule has 0 unspecified atom stereocenters. The zero-order valence-electron chi connectivity index (χ0n) is 5.04. The van der Waals surface area contributed by atoms with Crippen LogP contribution in [0.15, 0.2) is 12.3 Å². The first kappa shape index (κ1) is 7.02. The van der Waals surface area contributed by atoms with E-state index < -0.39 is 0 Å². The molecule has 0 saturated heterocycles. The molecule has 0 aromatic carbocycles. The summed E-state index contributed by atoms with van der Waals surface area (Å²) < 4.78 is 0. The van der Waals surface area contributed by atoms with Gasteiger partial charge in [-0.3, -0.25) is 4.79 Å². The number of hydrogen-bond donors (Lipinski definition) is 1. The lowest BCUT2D eigenvalue weighted by molar-refractivity contribution is 0.112. The number of carbonyl (C=O) groups is 1. The van der Waals surface area contributed by atoms with Crippen LogP contribution in [0.4, 0.5) is 5.69 Å². The SMILES string of the molecule is Nc1cc(Cl)ncc1C=O. The van der Waals surface area contributed by atoms with E-state index in [0.29, 0.717) is 22.7 Å². The molecule has 4 heteroatoms. The first-order chi connectivity index (χ1) is 4.74. The van der Waals surface area contributed by atoms with Crippen LogP contribution in [0, 0.1) is 0 Å². The van der Waals surface area contributed by atoms with Gasteiger partial charge < -0.3 is 5.73 Å². The van der Waals surface area contributed by atoms with Crippen LogP contribution < -0.4 is 5.73 Å². The lowest BCUT2D eigenvalue weighted by atomic mass is 10.3. The second-order valence-corrected chi connectivity index (χ2v) is 2.14. The Balaban J connectivity index is 3.19. The first-order valence-corrected chi connectivity index (χ1v) is 2.98. The molecule has 0 fully saturated rings. The number of hydrogen-bond acceptors (Lipinski definition) is 3. The van der Waals surface area contributed by atoms with Gasteiger partial charge in [0.15, 0.2) is 6.29 Å². The number of rotatable bonds is 1. The molecule has 1 rings (SSSR count). The summed E-state index contributed by atoms with van der Waals surface area (Å²) in [5, 5.41) is 0.295. The fourth-order valence-electron chi connectivity index (χ4n) is 0.553. The van der Waals surface area contributed by atoms with Crippen LogP contribution in [0.3, 0.4) is 0 Å². The summed E-state index contributed by atoms with van der Waals surface area (Å²) in [6, 6.07) is 1.44. The number of aldehydes is 1. The van der Waals surface area contributed by atoms with Gasteiger partial charge in [0.25, 0.3) is 0 Å². The summed E-state index contributed by atoms with van der Waals surface area (Å²) in [5.74, 6) is 0. The third-order valence-corrected chi connectivity index (χ3v) is 1.27. The van der Waals surface area contributed by atoms with Crippen LogP contribution in [-0.2, 0) is 0 Å². The highest BCUT2D eigenvalue weighted by Crippen LogP contribution is 2.12. The number of nitrogens with two attached hydrogens (primary N) is 1. The third kappa shape index (κ3) is 1.25. The predicted molar refractivity (Wildman–Crippen MR) is 39.0 cm³/mol. The molecule has 10 heavy (non-hydrogen) atoms. The monoisotopic (exact) mass is 156 g/mol. The highest BCUT2D eigenvalue weighted by Gasteiger charge is 1.97. The van der Waals surface area contributed by atoms with Crippen molar-refractivity contribution >= 4 is 23.6 Å². The molecule has 3 nitrogen and oxygen atoms in total. The second-order valence-electron chi connectivity index (χ2n) is 1.75. The minimum absolute atomic E-state index is 0.295. The summed E-state index contributed by atoms with van der Waals surface area (Å²) >= 11 is 5.47. The average Bonchev–Trinajstić information content (AvgIpc) is 1.88. The van der Waals surface area contributed by atoms with Crippen LogP contribution in [-0.4, -0.2) is 11.3 Å². The minimum Gasteiger partial charge on any atom is -0.398 e. The van der Waals surface area contributed by atoms with Crippen LogP contribution >= 0.6 is 11.6 Å². The molecule has 0 bridgehead atoms. The molecular formula is C6H5ClN2O. The molecule has 0 saturated carbocycles. The van der Waals surface area contributed by atoms with E-state index in [-0.39, 0.29) is 0 Å². The lowest BCUT2D eigenvalue weighted by Crippen LogP contribution is -1.93. The summed E-state index contributed by atoms with van der Waals surface area (Å²) in [7, 11) is 0. The van der Waals surface area contributed by atoms with E-state index in [0.717, 1.165) is 0 Å². The molecule has 0 atom stereocenters. The van der Waals surface area contributed by atoms with Gasteiger partial charge in [-0.1, -0.05) is 11.6 Å². The molecule has 0 amide bonds. The highest BCUT2D eigenvalue weighted by atomic mass is 35.5. The van der Waals surface area contributed by atoms with Crippen molar-refractivity contribution in [2.24, 2.45) is 0 Å². The number of pyridine rings is 1. The Morgan fingerprint density at radius 3 is 2.90 bits per heavy atom. The number of nitrogens with zero attached hydrogens (tertiary/aromatic N) is 1. The fraction of sp³-hybridized carbons (Fsp3) is 0. The van der Waals surface area contributed by atoms with Gasteiger partial charge in [-0.25, -0.2) is 4.98 Å². The van der Waals surface area contributed by atoms with Crippen molar-refractivity contribution in [1.29, 1.82) is 0 Å². The van der Waals surface area contributed by atoms with Gasteiger partial charge in [0.2, 0.25) is 0 Å². The fourth-order valence-corrected chi connectivity index (χ4v) is 0.719. The average molecular weight is 157 g/mol. The maximum Gasteiger partial charge on any atom is 0.153 e. The largest absolute Gasteiger partial charge is 0.398 e. The summed E-state index contributed by atoms with van der Waals surface area (Å²) in [5.41, 5.74) is 6.10. The normalized spacial score (nSPS) is 9.30. The molecule has 1 heterocycles. The second kappa shape index (κ2) is 2.66. The molecule has 2 N–H and O–H groups in total. The third-order valence-electron chi connectivity index (χ3n) is 1.06. The Morgan fingerprint density at radius 2 is 2.40 bits per heavy atom. The molecule has 0 aliphatic carbocycles. The molecule has 52 valence electrons. The standard InChI is InChI=1S/C6H5ClN2O/c7-6-1-5(8)4(3-10)2-9-6/h1-3H,(H2,8,9). The van der Waals surface area contributed by atoms with E-state index in [2.05, 4.69) is 4.98 Å². The number of carbonyl (C=O) groups excluding carboxylic acids is 1. The Hall–Kier alpha value is -1.09. The quantitative estimate of drug-likeness (QED) is 0.490. The van der Waals surface area contributed by atoms with E-state index in [1.807, 2.05) is 0 Å². The van der Waals surface area contributed by atoms with Gasteiger partial charge in [-0.05, 0) is 6.07 Å². The van der Waals surface area contributed by atoms with Gasteiger partial charge in [0.05, 0.1) is 5.56 Å². The Kier molecular flexibility index (Phi) is 1.87. The van der Waals surface area contributed by atoms with Crippen LogP contribution in [0.25, 0.3) is 0 Å². The van der Waals surface area contributed by atoms with Gasteiger partial charge >= 0.3 is 0 Å². The van der Waals surface area contributed by atoms with E-state index in [1.165, 1.54) is 12.3 Å². The summed E-state index contributed by atoms with van der Waals surface area (Å²) in [6.45, 7) is 0. The molecule has 0 aliphatic rings. The number of anilines is 1. The maximum absolute atomic E-state index is 10.2. The first-order valence-electron chi connectivity index (χ1n) is 2.60. The molecule has 0 aliphatic heterocycles. The van der Waals surface area contributed by atoms with Crippen molar-refractivity contribution in [3.8, 4) is 0 Å². The van der Waals surface area contributed by atoms with Crippen LogP contribution in [0.2, 0.25) is 5.15 Å². The Morgan fingerprint density at radius 1 is 1.70 bits per heavy atom. The molecule has 1 aromatic heterocycles. The van der Waals surface area contributed by atoms with Crippen LogP contribution in [0.5, 0.6) is 0 Å². The van der Waals surface area contributed by atoms with Crippen molar-refractivity contribution < 1.29 is 4.79 Å². The molecule has 0 spiro atoms. The predicted octanol–water partition coefficient (Wildman–Crippen LogP) is 1.13. The maximum atomic E-state index is 10.2. The van der Waals surface area contributed by atoms with Gasteiger partial charge in [-0.2, -0.15) is 0 Å². The minimum atomic E-state index is 0.295. The van der Waals surface area contributed by atoms with Crippen molar-refractivity contribution in [3.63, 3.8) is 0 Å². The Labute approximate surface area is 62.8 Å². The van der Waals surface area contributed by atoms with Gasteiger partial charge in [-0.15, -0.1) is 0 Å². The van der Waals surface area contributed by atoms with Crippen molar-refractivity contribution in [1.82, 2.24) is 4.98 Å². The number of nitrogen functional groups attached to an aromatic ring is 1. The topological polar surface area (TPSA) is 56.0 Å². The van der Waals surface area contributed by atoms with Gasteiger partial charge in [0.1, 0.15) is 5.15 Å². The zero-order valence-corrected chi connectivity index (χ0v) is 5.80. The van der Waals surface area contributed by atoms with Crippen molar-refractivity contribution in [2.75, 3.05) is 5.73 Å². The Bertz CT molecular complexity index is 262. The van der Waals surface area contributed by atoms with Crippen LogP contribution in [0.1, 0.15) is 10.4 Å². The smallest absolute Gasteiger partial charge is 0.153 e. The van der Waals surface area contributed by atoms with E-state index >= 15 is 0 Å². The van der Waals surface area contributed by atoms with Gasteiger partial charge in [0, 0.05) is 11.9 Å². The lowest BCUT2D eigenvalue weighted by Gasteiger charge is -1.95. The number of aromatic nitrogens is 1. The summed E-state index contributed by atoms with van der Waals surface area (Å²) in [6.07, 6.45) is 1.98. The summed E-state index contributed by atoms with van der Waals surface area (Å²) in [4.78, 5) is 13.8. The molecule has 1 aromatic rings.